The molecule has 2 aromatic carbocycles. The predicted molar refractivity (Wildman–Crippen MR) is 158 cm³/mol. The van der Waals surface area contributed by atoms with E-state index in [1.807, 2.05) is 13.8 Å². The number of nitrogens with zero attached hydrogens (tertiary/aromatic N) is 2. The molecule has 11 heteroatoms. The lowest BCUT2D eigenvalue weighted by Crippen LogP contribution is -2.37. The van der Waals surface area contributed by atoms with E-state index in [0.29, 0.717) is 36.1 Å². The van der Waals surface area contributed by atoms with Gasteiger partial charge in [-0.05, 0) is 92.1 Å². The maximum atomic E-state index is 13.3. The summed E-state index contributed by atoms with van der Waals surface area (Å²) < 4.78 is 67.2. The maximum absolute atomic E-state index is 13.3. The number of benzene rings is 2. The number of hydrogen-bond donors (Lipinski definition) is 1. The van der Waals surface area contributed by atoms with Crippen molar-refractivity contribution in [3.63, 3.8) is 0 Å². The molecule has 0 unspecified atom stereocenters. The maximum Gasteiger partial charge on any atom is 0.416 e. The number of hydrogen-bond acceptors (Lipinski definition) is 4. The zero-order chi connectivity index (χ0) is 31.1. The highest BCUT2D eigenvalue weighted by Gasteiger charge is 2.30. The van der Waals surface area contributed by atoms with Gasteiger partial charge in [-0.15, -0.1) is 0 Å². The second-order valence-electron chi connectivity index (χ2n) is 10.7. The highest BCUT2D eigenvalue weighted by molar-refractivity contribution is 7.89. The summed E-state index contributed by atoms with van der Waals surface area (Å²) >= 11 is 0. The third kappa shape index (κ3) is 9.29. The second-order valence-corrected chi connectivity index (χ2v) is 12.8. The molecule has 7 nitrogen and oxygen atoms in total. The van der Waals surface area contributed by atoms with Gasteiger partial charge >= 0.3 is 6.18 Å². The van der Waals surface area contributed by atoms with Crippen LogP contribution >= 0.6 is 0 Å². The Balaban J connectivity index is 1.67. The fraction of sp³-hybridized carbons (Fsp3) is 0.419. The quantitative estimate of drug-likeness (QED) is 0.447. The summed E-state index contributed by atoms with van der Waals surface area (Å²) in [5, 5.41) is 2.82. The molecule has 0 aliphatic carbocycles. The van der Waals surface area contributed by atoms with E-state index in [0.717, 1.165) is 28.8 Å². The smallest absolute Gasteiger partial charge is 0.345 e. The van der Waals surface area contributed by atoms with E-state index >= 15 is 0 Å². The van der Waals surface area contributed by atoms with E-state index in [1.165, 1.54) is 21.3 Å². The minimum atomic E-state index is -4.45. The zero-order valence-electron chi connectivity index (χ0n) is 24.4. The molecule has 0 atom stereocenters. The average molecular weight is 606 g/mol. The first-order valence-electron chi connectivity index (χ1n) is 13.8. The molecule has 0 saturated heterocycles. The third-order valence-corrected chi connectivity index (χ3v) is 9.08. The normalized spacial score (nSPS) is 18.0. The van der Waals surface area contributed by atoms with Gasteiger partial charge in [0, 0.05) is 44.9 Å². The van der Waals surface area contributed by atoms with Gasteiger partial charge < -0.3 is 10.2 Å². The number of halogens is 3. The Hall–Kier alpha value is -3.44. The van der Waals surface area contributed by atoms with Gasteiger partial charge in [0.1, 0.15) is 0 Å². The Kier molecular flexibility index (Phi) is 11.1. The second kappa shape index (κ2) is 14.2. The van der Waals surface area contributed by atoms with Crippen LogP contribution in [0.15, 0.2) is 59.8 Å². The molecule has 0 aromatic heterocycles. The summed E-state index contributed by atoms with van der Waals surface area (Å²) in [5.74, 6) is -0.631. The van der Waals surface area contributed by atoms with Crippen molar-refractivity contribution >= 4 is 27.9 Å². The van der Waals surface area contributed by atoms with Gasteiger partial charge in [0.2, 0.25) is 15.9 Å². The van der Waals surface area contributed by atoms with E-state index < -0.39 is 21.8 Å². The minimum Gasteiger partial charge on any atom is -0.345 e. The standard InChI is InChI=1S/C31H38F3N3O4S/c1-22-8-5-6-17-37(42(40,41)19-16-25-12-13-26(20-23(25)2)30(39)36(3)4)18-15-29(38)35-28(22)14-11-24-9-7-10-27(21-24)31(32,33)34/h7,9-14,20-21H,5-6,8,15-19H2,1-4H3,(H,35,38)/b14-11+,28-22-. The van der Waals surface area contributed by atoms with Crippen LogP contribution in [0.2, 0.25) is 0 Å². The monoisotopic (exact) mass is 605 g/mol. The van der Waals surface area contributed by atoms with Gasteiger partial charge in [-0.3, -0.25) is 9.59 Å². The van der Waals surface area contributed by atoms with Crippen LogP contribution in [0.25, 0.3) is 6.08 Å². The predicted octanol–water partition coefficient (Wildman–Crippen LogP) is 5.57. The van der Waals surface area contributed by atoms with Gasteiger partial charge in [0.05, 0.1) is 11.3 Å². The molecule has 1 aliphatic rings. The molecular weight excluding hydrogens is 567 g/mol. The molecular formula is C31H38F3N3O4S. The molecule has 1 heterocycles. The van der Waals surface area contributed by atoms with Crippen molar-refractivity contribution in [1.29, 1.82) is 0 Å². The van der Waals surface area contributed by atoms with E-state index in [2.05, 4.69) is 5.32 Å². The first-order valence-corrected chi connectivity index (χ1v) is 15.4. The Morgan fingerprint density at radius 3 is 2.43 bits per heavy atom. The van der Waals surface area contributed by atoms with Crippen molar-refractivity contribution in [2.75, 3.05) is 32.9 Å². The van der Waals surface area contributed by atoms with Gasteiger partial charge in [-0.2, -0.15) is 13.2 Å². The summed E-state index contributed by atoms with van der Waals surface area (Å²) in [7, 11) is -0.331. The van der Waals surface area contributed by atoms with Crippen molar-refractivity contribution in [1.82, 2.24) is 14.5 Å². The molecule has 42 heavy (non-hydrogen) atoms. The van der Waals surface area contributed by atoms with Gasteiger partial charge in [-0.25, -0.2) is 12.7 Å². The van der Waals surface area contributed by atoms with E-state index in [4.69, 9.17) is 0 Å². The highest BCUT2D eigenvalue weighted by Crippen LogP contribution is 2.30. The van der Waals surface area contributed by atoms with Crippen molar-refractivity contribution in [3.8, 4) is 0 Å². The van der Waals surface area contributed by atoms with Crippen molar-refractivity contribution < 1.29 is 31.2 Å². The van der Waals surface area contributed by atoms with Crippen molar-refractivity contribution in [3.05, 3.63) is 87.6 Å². The van der Waals surface area contributed by atoms with Crippen molar-refractivity contribution in [2.24, 2.45) is 0 Å². The number of rotatable bonds is 7. The van der Waals surface area contributed by atoms with Crippen LogP contribution in [-0.2, 0) is 27.4 Å². The number of sulfonamides is 1. The first-order chi connectivity index (χ1) is 19.7. The van der Waals surface area contributed by atoms with Crippen LogP contribution in [-0.4, -0.2) is 62.4 Å². The first kappa shape index (κ1) is 33.1. The average Bonchev–Trinajstić information content (AvgIpc) is 2.95. The topological polar surface area (TPSA) is 86.8 Å². The highest BCUT2D eigenvalue weighted by atomic mass is 32.2. The lowest BCUT2D eigenvalue weighted by atomic mass is 10.0. The third-order valence-electron chi connectivity index (χ3n) is 7.21. The van der Waals surface area contributed by atoms with Crippen LogP contribution in [0.1, 0.15) is 65.2 Å². The summed E-state index contributed by atoms with van der Waals surface area (Å²) in [6.07, 6.45) is 0.735. The summed E-state index contributed by atoms with van der Waals surface area (Å²) in [6.45, 7) is 4.00. The van der Waals surface area contributed by atoms with E-state index in [1.54, 1.807) is 44.4 Å². The molecule has 1 N–H and O–H groups in total. The molecule has 2 aromatic rings. The van der Waals surface area contributed by atoms with Crippen LogP contribution in [0.3, 0.4) is 0 Å². The summed E-state index contributed by atoms with van der Waals surface area (Å²) in [4.78, 5) is 26.5. The molecule has 228 valence electrons. The van der Waals surface area contributed by atoms with Gasteiger partial charge in [0.15, 0.2) is 0 Å². The van der Waals surface area contributed by atoms with E-state index in [9.17, 15) is 31.2 Å². The van der Waals surface area contributed by atoms with Crippen LogP contribution in [0.5, 0.6) is 0 Å². The molecule has 0 spiro atoms. The molecule has 3 rings (SSSR count). The Bertz CT molecular complexity index is 1460. The number of alkyl halides is 3. The minimum absolute atomic E-state index is 0.0209. The molecule has 0 bridgehead atoms. The summed E-state index contributed by atoms with van der Waals surface area (Å²) in [6, 6.07) is 10.2. The lowest BCUT2D eigenvalue weighted by Gasteiger charge is -2.22. The SMILES string of the molecule is C/C1=C(\C=C\c2cccc(C(F)(F)F)c2)NC(=O)CCN(S(=O)(=O)CCc2ccc(C(=O)N(C)C)cc2C)CCCC1. The molecule has 0 saturated carbocycles. The number of allylic oxidation sites excluding steroid dienone is 2. The number of carbonyl (C=O) groups is 2. The molecule has 1 aliphatic heterocycles. The zero-order valence-corrected chi connectivity index (χ0v) is 25.2. The van der Waals surface area contributed by atoms with E-state index in [-0.39, 0.29) is 43.5 Å². The fourth-order valence-corrected chi connectivity index (χ4v) is 6.18. The lowest BCUT2D eigenvalue weighted by molar-refractivity contribution is -0.137. The molecule has 2 amide bonds. The van der Waals surface area contributed by atoms with Crippen LogP contribution in [0.4, 0.5) is 13.2 Å². The summed E-state index contributed by atoms with van der Waals surface area (Å²) in [5.41, 5.74) is 3.16. The van der Waals surface area contributed by atoms with Gasteiger partial charge in [0.25, 0.3) is 5.91 Å². The van der Waals surface area contributed by atoms with Crippen molar-refractivity contribution in [2.45, 2.75) is 52.1 Å². The van der Waals surface area contributed by atoms with Gasteiger partial charge in [-0.1, -0.05) is 24.3 Å². The Labute approximate surface area is 246 Å². The van der Waals surface area contributed by atoms with Crippen LogP contribution in [0, 0.1) is 6.92 Å². The number of nitrogens with one attached hydrogen (secondary N) is 1. The number of amides is 2. The van der Waals surface area contributed by atoms with Crippen LogP contribution < -0.4 is 5.32 Å². The number of aryl methyl sites for hydroxylation is 2. The molecule has 0 fully saturated rings. The fourth-order valence-electron chi connectivity index (χ4n) is 4.67. The Morgan fingerprint density at radius 2 is 1.76 bits per heavy atom. The number of carbonyl (C=O) groups excluding carboxylic acids is 2. The largest absolute Gasteiger partial charge is 0.416 e. The molecule has 0 radical (unpaired) electrons. The Morgan fingerprint density at radius 1 is 1.02 bits per heavy atom.